The van der Waals surface area contributed by atoms with E-state index in [0.29, 0.717) is 6.42 Å². The van der Waals surface area contributed by atoms with Crippen molar-refractivity contribution in [2.45, 2.75) is 236 Å². The molecule has 1 heterocycles. The minimum absolute atomic E-state index is 0.202. The Hall–Kier alpha value is -2.63. The van der Waals surface area contributed by atoms with Crippen molar-refractivity contribution in [2.24, 2.45) is 0 Å². The third-order valence-electron chi connectivity index (χ3n) is 11.5. The molecule has 1 fully saturated rings. The largest absolute Gasteiger partial charge is 0.394 e. The number of hydrogen-bond acceptors (Lipinski definition) is 8. The van der Waals surface area contributed by atoms with E-state index in [9.17, 15) is 30.3 Å². The average molecular weight is 884 g/mol. The number of rotatable bonds is 41. The van der Waals surface area contributed by atoms with Crippen LogP contribution < -0.4 is 5.32 Å². The summed E-state index contributed by atoms with van der Waals surface area (Å²) >= 11 is 0. The van der Waals surface area contributed by atoms with E-state index >= 15 is 0 Å². The van der Waals surface area contributed by atoms with Crippen LogP contribution in [0.15, 0.2) is 85.1 Å². The summed E-state index contributed by atoms with van der Waals surface area (Å²) in [5.41, 5.74) is 0. The second-order valence-electron chi connectivity index (χ2n) is 17.2. The van der Waals surface area contributed by atoms with E-state index in [0.717, 1.165) is 83.5 Å². The molecule has 1 aliphatic rings. The number of allylic oxidation sites excluding steroid dienone is 13. The number of amides is 1. The molecule has 0 radical (unpaired) electrons. The van der Waals surface area contributed by atoms with Crippen molar-refractivity contribution in [1.82, 2.24) is 5.32 Å². The van der Waals surface area contributed by atoms with E-state index in [-0.39, 0.29) is 12.5 Å². The minimum atomic E-state index is -1.58. The number of nitrogens with one attached hydrogen (secondary N) is 1. The molecule has 0 aliphatic carbocycles. The van der Waals surface area contributed by atoms with Crippen molar-refractivity contribution in [2.75, 3.05) is 13.2 Å². The molecular formula is C54H93NO8. The van der Waals surface area contributed by atoms with E-state index in [4.69, 9.17) is 9.47 Å². The molecule has 0 aromatic heterocycles. The summed E-state index contributed by atoms with van der Waals surface area (Å²) in [4.78, 5) is 13.0. The maximum atomic E-state index is 13.0. The summed E-state index contributed by atoms with van der Waals surface area (Å²) in [6, 6.07) is -0.833. The second kappa shape index (κ2) is 43.3. The molecule has 1 rings (SSSR count). The van der Waals surface area contributed by atoms with Gasteiger partial charge in [0, 0.05) is 6.42 Å². The predicted molar refractivity (Wildman–Crippen MR) is 262 cm³/mol. The van der Waals surface area contributed by atoms with Crippen molar-refractivity contribution in [3.63, 3.8) is 0 Å². The van der Waals surface area contributed by atoms with Gasteiger partial charge in [0.05, 0.1) is 25.4 Å². The lowest BCUT2D eigenvalue weighted by Crippen LogP contribution is -2.60. The van der Waals surface area contributed by atoms with Gasteiger partial charge in [0.1, 0.15) is 24.4 Å². The molecule has 0 aromatic rings. The number of carbonyl (C=O) groups is 1. The highest BCUT2D eigenvalue weighted by molar-refractivity contribution is 5.76. The molecule has 1 amide bonds. The normalized spacial score (nSPS) is 20.9. The van der Waals surface area contributed by atoms with Gasteiger partial charge in [0.2, 0.25) is 5.91 Å². The Bertz CT molecular complexity index is 1260. The van der Waals surface area contributed by atoms with Crippen LogP contribution in [0.3, 0.4) is 0 Å². The van der Waals surface area contributed by atoms with Crippen LogP contribution in [0.4, 0.5) is 0 Å². The first-order valence-electron chi connectivity index (χ1n) is 25.3. The quantitative estimate of drug-likeness (QED) is 0.0263. The van der Waals surface area contributed by atoms with Crippen molar-refractivity contribution < 1.29 is 39.8 Å². The summed E-state index contributed by atoms with van der Waals surface area (Å²) < 4.78 is 11.2. The number of aliphatic hydroxyl groups is 5. The van der Waals surface area contributed by atoms with Gasteiger partial charge in [-0.25, -0.2) is 0 Å². The fraction of sp³-hybridized carbons (Fsp3) is 0.722. The van der Waals surface area contributed by atoms with E-state index < -0.39 is 49.5 Å². The third-order valence-corrected chi connectivity index (χ3v) is 11.5. The Labute approximate surface area is 384 Å². The Morgan fingerprint density at radius 1 is 0.556 bits per heavy atom. The predicted octanol–water partition coefficient (Wildman–Crippen LogP) is 11.5. The van der Waals surface area contributed by atoms with Crippen LogP contribution in [0, 0.1) is 0 Å². The molecule has 0 spiro atoms. The molecule has 1 aliphatic heterocycles. The summed E-state index contributed by atoms with van der Waals surface area (Å²) in [7, 11) is 0. The Morgan fingerprint density at radius 3 is 1.52 bits per heavy atom. The molecule has 6 N–H and O–H groups in total. The zero-order chi connectivity index (χ0) is 45.9. The van der Waals surface area contributed by atoms with Gasteiger partial charge in [-0.2, -0.15) is 0 Å². The third kappa shape index (κ3) is 33.5. The lowest BCUT2D eigenvalue weighted by atomic mass is 9.99. The highest BCUT2D eigenvalue weighted by atomic mass is 16.7. The molecule has 9 heteroatoms. The van der Waals surface area contributed by atoms with E-state index in [1.165, 1.54) is 89.9 Å². The summed E-state index contributed by atoms with van der Waals surface area (Å²) in [5, 5.41) is 54.3. The maximum Gasteiger partial charge on any atom is 0.220 e. The van der Waals surface area contributed by atoms with Crippen LogP contribution in [0.5, 0.6) is 0 Å². The summed E-state index contributed by atoms with van der Waals surface area (Å²) in [6.45, 7) is 3.63. The first kappa shape index (κ1) is 58.4. The van der Waals surface area contributed by atoms with Crippen LogP contribution in [0.1, 0.15) is 194 Å². The van der Waals surface area contributed by atoms with E-state index in [1.54, 1.807) is 6.08 Å². The van der Waals surface area contributed by atoms with Crippen LogP contribution in [0.2, 0.25) is 0 Å². The molecular weight excluding hydrogens is 791 g/mol. The number of unbranched alkanes of at least 4 members (excludes halogenated alkanes) is 19. The molecule has 7 unspecified atom stereocenters. The van der Waals surface area contributed by atoms with Gasteiger partial charge >= 0.3 is 0 Å². The van der Waals surface area contributed by atoms with Crippen LogP contribution in [-0.2, 0) is 14.3 Å². The monoisotopic (exact) mass is 884 g/mol. The van der Waals surface area contributed by atoms with Gasteiger partial charge in [-0.15, -0.1) is 0 Å². The van der Waals surface area contributed by atoms with Gasteiger partial charge < -0.3 is 40.3 Å². The van der Waals surface area contributed by atoms with Gasteiger partial charge in [0.25, 0.3) is 0 Å². The lowest BCUT2D eigenvalue weighted by Gasteiger charge is -2.40. The van der Waals surface area contributed by atoms with Crippen molar-refractivity contribution in [1.29, 1.82) is 0 Å². The Morgan fingerprint density at radius 2 is 1.00 bits per heavy atom. The molecule has 0 bridgehead atoms. The SMILES string of the molecule is CC/C=C\C/C=C\C/C=C\C/C=C\C/C=C\CCCCCCCCCC(=O)NC(COC1OC(CO)C(O)C(O)C1O)C(O)/C=C/CC/C=C/CCCCCCCCCCCCC. The first-order chi connectivity index (χ1) is 30.8. The molecule has 0 saturated carbocycles. The first-order valence-corrected chi connectivity index (χ1v) is 25.3. The van der Waals surface area contributed by atoms with Crippen LogP contribution in [0.25, 0.3) is 0 Å². The minimum Gasteiger partial charge on any atom is -0.394 e. The molecule has 1 saturated heterocycles. The lowest BCUT2D eigenvalue weighted by molar-refractivity contribution is -0.302. The van der Waals surface area contributed by atoms with E-state index in [1.807, 2.05) is 6.08 Å². The number of ether oxygens (including phenoxy) is 2. The van der Waals surface area contributed by atoms with E-state index in [2.05, 4.69) is 92.1 Å². The average Bonchev–Trinajstić information content (AvgIpc) is 3.28. The fourth-order valence-electron chi connectivity index (χ4n) is 7.43. The summed E-state index contributed by atoms with van der Waals surface area (Å²) in [6.07, 6.45) is 53.4. The topological polar surface area (TPSA) is 149 Å². The van der Waals surface area contributed by atoms with Gasteiger partial charge in [-0.3, -0.25) is 4.79 Å². The molecule has 7 atom stereocenters. The molecule has 63 heavy (non-hydrogen) atoms. The van der Waals surface area contributed by atoms with Crippen molar-refractivity contribution >= 4 is 5.91 Å². The van der Waals surface area contributed by atoms with Crippen molar-refractivity contribution in [3.8, 4) is 0 Å². The fourth-order valence-corrected chi connectivity index (χ4v) is 7.43. The van der Waals surface area contributed by atoms with Gasteiger partial charge in [0.15, 0.2) is 6.29 Å². The second-order valence-corrected chi connectivity index (χ2v) is 17.2. The molecule has 9 nitrogen and oxygen atoms in total. The zero-order valence-electron chi connectivity index (χ0n) is 39.8. The number of hydrogen-bond donors (Lipinski definition) is 6. The maximum absolute atomic E-state index is 13.0. The Kier molecular flexibility index (Phi) is 40.1. The van der Waals surface area contributed by atoms with Crippen LogP contribution >= 0.6 is 0 Å². The standard InChI is InChI=1S/C54H93NO8/c1-3-5-7-9-11-13-15-17-19-21-22-23-24-25-26-28-30-32-34-36-38-40-42-44-50(58)55-47(46-62-54-53(61)52(60)51(59)49(45-56)63-54)48(57)43-41-39-37-35-33-31-29-27-20-18-16-14-12-10-8-6-4-2/h5,7,11,13,17,19,22-23,25-26,33,35,41,43,47-49,51-54,56-57,59-61H,3-4,6,8-10,12,14-16,18,20-21,24,27-32,34,36-40,42,44-46H2,1-2H3,(H,55,58)/b7-5-,13-11-,19-17-,23-22-,26-25-,35-33+,43-41+. The smallest absolute Gasteiger partial charge is 0.220 e. The van der Waals surface area contributed by atoms with Gasteiger partial charge in [-0.1, -0.05) is 195 Å². The van der Waals surface area contributed by atoms with Crippen molar-refractivity contribution in [3.05, 3.63) is 85.1 Å². The summed E-state index contributed by atoms with van der Waals surface area (Å²) in [5.74, 6) is -0.202. The van der Waals surface area contributed by atoms with Crippen LogP contribution in [-0.4, -0.2) is 87.5 Å². The number of aliphatic hydroxyl groups excluding tert-OH is 5. The highest BCUT2D eigenvalue weighted by Crippen LogP contribution is 2.22. The molecule has 362 valence electrons. The highest BCUT2D eigenvalue weighted by Gasteiger charge is 2.44. The Balaban J connectivity index is 2.34. The number of carbonyl (C=O) groups excluding carboxylic acids is 1. The zero-order valence-corrected chi connectivity index (χ0v) is 39.8. The molecule has 0 aromatic carbocycles. The van der Waals surface area contributed by atoms with Gasteiger partial charge in [-0.05, 0) is 77.0 Å².